The highest BCUT2D eigenvalue weighted by Gasteiger charge is 2.32. The molecule has 0 saturated heterocycles. The summed E-state index contributed by atoms with van der Waals surface area (Å²) in [4.78, 5) is -0.00495. The first-order valence-electron chi connectivity index (χ1n) is 6.01. The van der Waals surface area contributed by atoms with Crippen LogP contribution in [0.25, 0.3) is 0 Å². The van der Waals surface area contributed by atoms with Crippen molar-refractivity contribution >= 4 is 9.84 Å². The normalized spacial score (nSPS) is 21.5. The molecule has 0 amide bonds. The summed E-state index contributed by atoms with van der Waals surface area (Å²) in [6.45, 7) is -0.329. The minimum atomic E-state index is -4.28. The van der Waals surface area contributed by atoms with Gasteiger partial charge in [-0.1, -0.05) is 0 Å². The van der Waals surface area contributed by atoms with Gasteiger partial charge >= 0.3 is 6.18 Å². The lowest BCUT2D eigenvalue weighted by atomic mass is 10.0. The molecule has 0 fully saturated rings. The van der Waals surface area contributed by atoms with E-state index < -0.39 is 34.3 Å². The van der Waals surface area contributed by atoms with Crippen molar-refractivity contribution in [1.82, 2.24) is 5.32 Å². The Bertz CT molecular complexity index is 598. The van der Waals surface area contributed by atoms with Gasteiger partial charge in [-0.2, -0.15) is 13.2 Å². The number of sulfone groups is 1. The van der Waals surface area contributed by atoms with Gasteiger partial charge in [-0.25, -0.2) is 12.8 Å². The lowest BCUT2D eigenvalue weighted by molar-refractivity contribution is -0.133. The minimum absolute atomic E-state index is 0.00495. The number of nitrogens with one attached hydrogen (secondary N) is 1. The van der Waals surface area contributed by atoms with Gasteiger partial charge in [0.1, 0.15) is 5.82 Å². The maximum atomic E-state index is 13.2. The maximum Gasteiger partial charge on any atom is 0.390 e. The molecule has 112 valence electrons. The Kier molecular flexibility index (Phi) is 4.06. The van der Waals surface area contributed by atoms with E-state index >= 15 is 0 Å². The molecule has 1 atom stereocenters. The van der Waals surface area contributed by atoms with E-state index in [9.17, 15) is 26.0 Å². The van der Waals surface area contributed by atoms with E-state index in [1.807, 2.05) is 0 Å². The minimum Gasteiger partial charge on any atom is -0.310 e. The standard InChI is InChI=1S/C12H13F4NO2S/c13-8-1-2-11-9(7-8)10(3-6-20(11,18)19)17-5-4-12(14,15)16/h1-2,7,10,17H,3-6H2. The van der Waals surface area contributed by atoms with Crippen LogP contribution in [0.1, 0.15) is 24.4 Å². The first-order chi connectivity index (χ1) is 9.19. The molecule has 1 aromatic carbocycles. The first-order valence-corrected chi connectivity index (χ1v) is 7.67. The summed E-state index contributed by atoms with van der Waals surface area (Å²) in [7, 11) is -3.47. The Labute approximate surface area is 113 Å². The van der Waals surface area contributed by atoms with Crippen molar-refractivity contribution in [2.45, 2.75) is 30.0 Å². The van der Waals surface area contributed by atoms with Crippen LogP contribution >= 0.6 is 0 Å². The van der Waals surface area contributed by atoms with Crippen LogP contribution in [0.2, 0.25) is 0 Å². The van der Waals surface area contributed by atoms with Crippen LogP contribution in [0.4, 0.5) is 17.6 Å². The SMILES string of the molecule is O=S1(=O)CCC(NCCC(F)(F)F)c2cc(F)ccc21. The average Bonchev–Trinajstić information content (AvgIpc) is 2.30. The number of hydrogen-bond donors (Lipinski definition) is 1. The Balaban J connectivity index is 2.19. The zero-order valence-corrected chi connectivity index (χ0v) is 11.2. The van der Waals surface area contributed by atoms with Crippen molar-refractivity contribution in [3.8, 4) is 0 Å². The molecule has 0 aromatic heterocycles. The fraction of sp³-hybridized carbons (Fsp3) is 0.500. The lowest BCUT2D eigenvalue weighted by Crippen LogP contribution is -2.32. The molecule has 8 heteroatoms. The molecule has 1 aliphatic rings. The quantitative estimate of drug-likeness (QED) is 0.689. The second-order valence-corrected chi connectivity index (χ2v) is 6.74. The molecule has 20 heavy (non-hydrogen) atoms. The molecule has 0 aliphatic carbocycles. The van der Waals surface area contributed by atoms with Crippen molar-refractivity contribution in [2.24, 2.45) is 0 Å². The Morgan fingerprint density at radius 2 is 2.00 bits per heavy atom. The number of hydrogen-bond acceptors (Lipinski definition) is 3. The van der Waals surface area contributed by atoms with Gasteiger partial charge in [0.2, 0.25) is 0 Å². The van der Waals surface area contributed by atoms with E-state index in [2.05, 4.69) is 5.32 Å². The zero-order chi connectivity index (χ0) is 15.0. The summed E-state index contributed by atoms with van der Waals surface area (Å²) in [5.41, 5.74) is 0.207. The van der Waals surface area contributed by atoms with Crippen molar-refractivity contribution < 1.29 is 26.0 Å². The van der Waals surface area contributed by atoms with Gasteiger partial charge in [-0.15, -0.1) is 0 Å². The van der Waals surface area contributed by atoms with E-state index in [4.69, 9.17) is 0 Å². The van der Waals surface area contributed by atoms with Crippen LogP contribution in [0.3, 0.4) is 0 Å². The van der Waals surface area contributed by atoms with Crippen LogP contribution < -0.4 is 5.32 Å². The predicted molar refractivity (Wildman–Crippen MR) is 64.5 cm³/mol. The molecule has 1 aliphatic heterocycles. The Morgan fingerprint density at radius 1 is 1.30 bits per heavy atom. The molecule has 2 rings (SSSR count). The Hall–Kier alpha value is -1.15. The zero-order valence-electron chi connectivity index (χ0n) is 10.4. The Morgan fingerprint density at radius 3 is 2.65 bits per heavy atom. The van der Waals surface area contributed by atoms with E-state index in [1.54, 1.807) is 0 Å². The van der Waals surface area contributed by atoms with E-state index in [-0.39, 0.29) is 29.2 Å². The van der Waals surface area contributed by atoms with Crippen LogP contribution in [-0.2, 0) is 9.84 Å². The number of fused-ring (bicyclic) bond motifs is 1. The van der Waals surface area contributed by atoms with E-state index in [0.29, 0.717) is 0 Å². The summed E-state index contributed by atoms with van der Waals surface area (Å²) in [6.07, 6.45) is -5.16. The second-order valence-electron chi connectivity index (χ2n) is 4.66. The van der Waals surface area contributed by atoms with Gasteiger partial charge < -0.3 is 5.32 Å². The third-order valence-corrected chi connectivity index (χ3v) is 4.97. The van der Waals surface area contributed by atoms with Crippen LogP contribution in [0, 0.1) is 5.82 Å². The van der Waals surface area contributed by atoms with Gasteiger partial charge in [-0.05, 0) is 30.2 Å². The van der Waals surface area contributed by atoms with Crippen LogP contribution in [-0.4, -0.2) is 26.9 Å². The molecule has 3 nitrogen and oxygen atoms in total. The number of alkyl halides is 3. The van der Waals surface area contributed by atoms with E-state index in [1.165, 1.54) is 0 Å². The van der Waals surface area contributed by atoms with Gasteiger partial charge in [0.25, 0.3) is 0 Å². The van der Waals surface area contributed by atoms with Gasteiger partial charge in [-0.3, -0.25) is 0 Å². The molecule has 1 aromatic rings. The highest BCUT2D eigenvalue weighted by Crippen LogP contribution is 2.32. The third kappa shape index (κ3) is 3.49. The summed E-state index contributed by atoms with van der Waals surface area (Å²) in [5, 5.41) is 2.65. The van der Waals surface area contributed by atoms with Crippen molar-refractivity contribution in [1.29, 1.82) is 0 Å². The van der Waals surface area contributed by atoms with Crippen molar-refractivity contribution in [3.63, 3.8) is 0 Å². The lowest BCUT2D eigenvalue weighted by Gasteiger charge is -2.26. The number of rotatable bonds is 3. The second kappa shape index (κ2) is 5.33. The van der Waals surface area contributed by atoms with Gasteiger partial charge in [0.15, 0.2) is 9.84 Å². The molecular weight excluding hydrogens is 298 g/mol. The van der Waals surface area contributed by atoms with Crippen molar-refractivity contribution in [3.05, 3.63) is 29.6 Å². The fourth-order valence-electron chi connectivity index (χ4n) is 2.21. The monoisotopic (exact) mass is 311 g/mol. The molecular formula is C12H13F4NO2S. The molecule has 0 bridgehead atoms. The van der Waals surface area contributed by atoms with Gasteiger partial charge in [0, 0.05) is 12.6 Å². The fourth-order valence-corrected chi connectivity index (χ4v) is 3.82. The highest BCUT2D eigenvalue weighted by atomic mass is 32.2. The third-order valence-electron chi connectivity index (χ3n) is 3.16. The first kappa shape index (κ1) is 15.2. The maximum absolute atomic E-state index is 13.2. The van der Waals surface area contributed by atoms with Crippen LogP contribution in [0.15, 0.2) is 23.1 Å². The number of benzene rings is 1. The highest BCUT2D eigenvalue weighted by molar-refractivity contribution is 7.91. The molecule has 1 heterocycles. The average molecular weight is 311 g/mol. The van der Waals surface area contributed by atoms with E-state index in [0.717, 1.165) is 18.2 Å². The topological polar surface area (TPSA) is 46.2 Å². The molecule has 0 saturated carbocycles. The molecule has 0 radical (unpaired) electrons. The largest absolute Gasteiger partial charge is 0.390 e. The van der Waals surface area contributed by atoms with Crippen LogP contribution in [0.5, 0.6) is 0 Å². The molecule has 1 N–H and O–H groups in total. The predicted octanol–water partition coefficient (Wildman–Crippen LogP) is 2.59. The number of halogens is 4. The molecule has 0 spiro atoms. The van der Waals surface area contributed by atoms with Crippen molar-refractivity contribution in [2.75, 3.05) is 12.3 Å². The molecule has 1 unspecified atom stereocenters. The van der Waals surface area contributed by atoms with Gasteiger partial charge in [0.05, 0.1) is 17.1 Å². The summed E-state index contributed by atoms with van der Waals surface area (Å²) in [5.74, 6) is -0.765. The summed E-state index contributed by atoms with van der Waals surface area (Å²) >= 11 is 0. The smallest absolute Gasteiger partial charge is 0.310 e. The summed E-state index contributed by atoms with van der Waals surface area (Å²) in [6, 6.07) is 2.69. The summed E-state index contributed by atoms with van der Waals surface area (Å²) < 4.78 is 73.2.